The highest BCUT2D eigenvalue weighted by atomic mass is 16.6. The highest BCUT2D eigenvalue weighted by Gasteiger charge is 2.27. The van der Waals surface area contributed by atoms with E-state index in [1.807, 2.05) is 91.0 Å². The van der Waals surface area contributed by atoms with Crippen LogP contribution in [0.2, 0.25) is 0 Å². The first-order valence-electron chi connectivity index (χ1n) is 14.2. The second-order valence-electron chi connectivity index (χ2n) is 11.2. The molecule has 0 bridgehead atoms. The summed E-state index contributed by atoms with van der Waals surface area (Å²) >= 11 is 0. The quantitative estimate of drug-likeness (QED) is 0.196. The Morgan fingerprint density at radius 2 is 1.17 bits per heavy atom. The first-order chi connectivity index (χ1) is 20.1. The molecule has 0 radical (unpaired) electrons. The number of carbonyl (C=O) groups excluding carboxylic acids is 2. The number of amides is 2. The molecule has 0 aliphatic rings. The molecule has 42 heavy (non-hydrogen) atoms. The summed E-state index contributed by atoms with van der Waals surface area (Å²) in [4.78, 5) is 24.9. The van der Waals surface area contributed by atoms with Gasteiger partial charge in [-0.25, -0.2) is 9.59 Å². The van der Waals surface area contributed by atoms with Crippen molar-refractivity contribution in [3.8, 4) is 0 Å². The molecule has 2 amide bonds. The Morgan fingerprint density at radius 1 is 0.690 bits per heavy atom. The number of rotatable bonds is 14. The molecule has 0 aliphatic carbocycles. The summed E-state index contributed by atoms with van der Waals surface area (Å²) in [5.41, 5.74) is 2.08. The average molecular weight is 578 g/mol. The van der Waals surface area contributed by atoms with Gasteiger partial charge in [0.1, 0.15) is 12.2 Å². The van der Waals surface area contributed by atoms with Gasteiger partial charge in [-0.05, 0) is 50.3 Å². The molecule has 0 aromatic heterocycles. The van der Waals surface area contributed by atoms with E-state index >= 15 is 0 Å². The van der Waals surface area contributed by atoms with Crippen LogP contribution in [0.3, 0.4) is 0 Å². The summed E-state index contributed by atoms with van der Waals surface area (Å²) in [6.45, 7) is 5.46. The van der Waals surface area contributed by atoms with E-state index in [0.717, 1.165) is 16.7 Å². The minimum atomic E-state index is -1.01. The van der Waals surface area contributed by atoms with Gasteiger partial charge in [0.2, 0.25) is 0 Å². The smallest absolute Gasteiger partial charge is 0.407 e. The third kappa shape index (κ3) is 12.3. The van der Waals surface area contributed by atoms with Crippen molar-refractivity contribution < 1.29 is 29.3 Å². The lowest BCUT2D eigenvalue weighted by Gasteiger charge is -2.30. The van der Waals surface area contributed by atoms with Gasteiger partial charge in [-0.2, -0.15) is 0 Å². The van der Waals surface area contributed by atoms with E-state index in [1.54, 1.807) is 20.8 Å². The summed E-state index contributed by atoms with van der Waals surface area (Å²) in [5.74, 6) is 0. The highest BCUT2D eigenvalue weighted by Crippen LogP contribution is 2.12. The molecule has 4 atom stereocenters. The van der Waals surface area contributed by atoms with E-state index in [-0.39, 0.29) is 19.7 Å². The molecule has 0 heterocycles. The van der Waals surface area contributed by atoms with Crippen LogP contribution in [0.4, 0.5) is 9.59 Å². The van der Waals surface area contributed by atoms with Crippen LogP contribution in [0.15, 0.2) is 91.0 Å². The fourth-order valence-electron chi connectivity index (χ4n) is 4.34. The van der Waals surface area contributed by atoms with Crippen molar-refractivity contribution in [3.63, 3.8) is 0 Å². The maximum atomic E-state index is 12.6. The molecule has 3 aromatic rings. The Balaban J connectivity index is 1.63. The third-order valence-electron chi connectivity index (χ3n) is 6.49. The van der Waals surface area contributed by atoms with Crippen LogP contribution in [0.25, 0.3) is 0 Å². The molecule has 0 fully saturated rings. The number of hydrogen-bond acceptors (Lipinski definition) is 7. The highest BCUT2D eigenvalue weighted by molar-refractivity contribution is 5.68. The lowest BCUT2D eigenvalue weighted by molar-refractivity contribution is 0.0408. The molecule has 9 heteroatoms. The Bertz CT molecular complexity index is 1200. The van der Waals surface area contributed by atoms with Gasteiger partial charge in [-0.3, -0.25) is 0 Å². The van der Waals surface area contributed by atoms with Crippen LogP contribution in [0.1, 0.15) is 37.5 Å². The van der Waals surface area contributed by atoms with Crippen molar-refractivity contribution in [2.24, 2.45) is 0 Å². The molecule has 0 spiro atoms. The molecule has 9 nitrogen and oxygen atoms in total. The van der Waals surface area contributed by atoms with E-state index in [4.69, 9.17) is 9.47 Å². The second kappa shape index (κ2) is 16.5. The molecule has 3 aromatic carbocycles. The lowest BCUT2D eigenvalue weighted by Crippen LogP contribution is -2.54. The largest absolute Gasteiger partial charge is 0.445 e. The monoisotopic (exact) mass is 577 g/mol. The van der Waals surface area contributed by atoms with Crippen LogP contribution in [0.5, 0.6) is 0 Å². The SMILES string of the molecule is CC(C)(C)OC(=O)N[C@@H](Cc1ccccc1)[C@H](O)CN[C@H](Cc1ccccc1)[C@@H](O)CNC(=O)OCc1ccccc1. The maximum Gasteiger partial charge on any atom is 0.407 e. The van der Waals surface area contributed by atoms with Crippen LogP contribution >= 0.6 is 0 Å². The van der Waals surface area contributed by atoms with Crippen molar-refractivity contribution in [2.45, 2.75) is 70.1 Å². The third-order valence-corrected chi connectivity index (χ3v) is 6.49. The molecule has 3 rings (SSSR count). The Labute approximate surface area is 248 Å². The molecule has 0 saturated carbocycles. The van der Waals surface area contributed by atoms with Gasteiger partial charge in [-0.15, -0.1) is 0 Å². The summed E-state index contributed by atoms with van der Waals surface area (Å²) in [6, 6.07) is 27.3. The molecule has 5 N–H and O–H groups in total. The summed E-state index contributed by atoms with van der Waals surface area (Å²) in [7, 11) is 0. The minimum Gasteiger partial charge on any atom is -0.445 e. The Morgan fingerprint density at radius 3 is 1.69 bits per heavy atom. The first kappa shape index (κ1) is 32.6. The van der Waals surface area contributed by atoms with Gasteiger partial charge >= 0.3 is 12.2 Å². The molecule has 0 unspecified atom stereocenters. The number of ether oxygens (including phenoxy) is 2. The van der Waals surface area contributed by atoms with Crippen molar-refractivity contribution >= 4 is 12.2 Å². The number of hydrogen-bond donors (Lipinski definition) is 5. The molecule has 0 aliphatic heterocycles. The van der Waals surface area contributed by atoms with Crippen molar-refractivity contribution in [1.29, 1.82) is 0 Å². The second-order valence-corrected chi connectivity index (χ2v) is 11.2. The zero-order valence-electron chi connectivity index (χ0n) is 24.5. The fraction of sp³-hybridized carbons (Fsp3) is 0.394. The van der Waals surface area contributed by atoms with E-state index in [2.05, 4.69) is 16.0 Å². The van der Waals surface area contributed by atoms with Gasteiger partial charge in [0.05, 0.1) is 18.2 Å². The van der Waals surface area contributed by atoms with Crippen LogP contribution in [0, 0.1) is 0 Å². The molecular formula is C33H43N3O6. The molecule has 0 saturated heterocycles. The van der Waals surface area contributed by atoms with E-state index in [1.165, 1.54) is 0 Å². The summed E-state index contributed by atoms with van der Waals surface area (Å²) < 4.78 is 10.7. The first-order valence-corrected chi connectivity index (χ1v) is 14.2. The van der Waals surface area contributed by atoms with Crippen LogP contribution < -0.4 is 16.0 Å². The number of benzene rings is 3. The topological polar surface area (TPSA) is 129 Å². The fourth-order valence-corrected chi connectivity index (χ4v) is 4.34. The Kier molecular flexibility index (Phi) is 12.8. The average Bonchev–Trinajstić information content (AvgIpc) is 2.97. The number of carbonyl (C=O) groups is 2. The van der Waals surface area contributed by atoms with E-state index in [9.17, 15) is 19.8 Å². The number of aliphatic hydroxyl groups is 2. The zero-order valence-corrected chi connectivity index (χ0v) is 24.5. The van der Waals surface area contributed by atoms with Crippen LogP contribution in [-0.4, -0.2) is 65.4 Å². The lowest BCUT2D eigenvalue weighted by atomic mass is 9.98. The number of nitrogens with one attached hydrogen (secondary N) is 3. The van der Waals surface area contributed by atoms with Gasteiger partial charge < -0.3 is 35.6 Å². The van der Waals surface area contributed by atoms with E-state index < -0.39 is 42.1 Å². The van der Waals surface area contributed by atoms with Crippen LogP contribution in [-0.2, 0) is 28.9 Å². The van der Waals surface area contributed by atoms with Crippen molar-refractivity contribution in [1.82, 2.24) is 16.0 Å². The van der Waals surface area contributed by atoms with Gasteiger partial charge in [0.25, 0.3) is 0 Å². The summed E-state index contributed by atoms with van der Waals surface area (Å²) in [5, 5.41) is 30.9. The predicted molar refractivity (Wildman–Crippen MR) is 162 cm³/mol. The van der Waals surface area contributed by atoms with Gasteiger partial charge in [-0.1, -0.05) is 91.0 Å². The standard InChI is InChI=1S/C33H43N3O6/c1-33(2,3)42-32(40)36-28(20-25-15-9-5-10-16-25)30(38)21-34-27(19-24-13-7-4-8-14-24)29(37)22-35-31(39)41-23-26-17-11-6-12-18-26/h4-18,27-30,34,37-38H,19-23H2,1-3H3,(H,35,39)(H,36,40)/t27-,28+,29+,30-/m1/s1. The van der Waals surface area contributed by atoms with Gasteiger partial charge in [0, 0.05) is 19.1 Å². The van der Waals surface area contributed by atoms with Crippen molar-refractivity contribution in [2.75, 3.05) is 13.1 Å². The number of alkyl carbamates (subject to hydrolysis) is 2. The van der Waals surface area contributed by atoms with Crippen molar-refractivity contribution in [3.05, 3.63) is 108 Å². The normalized spacial score (nSPS) is 14.2. The maximum absolute atomic E-state index is 12.6. The number of aliphatic hydroxyl groups excluding tert-OH is 2. The Hall–Kier alpha value is -3.92. The van der Waals surface area contributed by atoms with Gasteiger partial charge in [0.15, 0.2) is 0 Å². The summed E-state index contributed by atoms with van der Waals surface area (Å²) in [6.07, 6.45) is -2.44. The molecule has 226 valence electrons. The zero-order chi connectivity index (χ0) is 30.4. The molecular weight excluding hydrogens is 534 g/mol. The minimum absolute atomic E-state index is 0.0577. The predicted octanol–water partition coefficient (Wildman–Crippen LogP) is 3.97. The van der Waals surface area contributed by atoms with E-state index in [0.29, 0.717) is 12.8 Å².